The lowest BCUT2D eigenvalue weighted by atomic mass is 10.0. The molecule has 3 heterocycles. The predicted octanol–water partition coefficient (Wildman–Crippen LogP) is 9.96. The van der Waals surface area contributed by atoms with Crippen molar-refractivity contribution in [3.8, 4) is 28.2 Å². The highest BCUT2D eigenvalue weighted by Gasteiger charge is 2.22. The first-order chi connectivity index (χ1) is 20.8. The van der Waals surface area contributed by atoms with E-state index in [1.807, 2.05) is 30.3 Å². The summed E-state index contributed by atoms with van der Waals surface area (Å²) in [6, 6.07) is 48.6. The minimum Gasteiger partial charge on any atom is -0.436 e. The van der Waals surface area contributed by atoms with E-state index < -0.39 is 0 Å². The first-order valence-corrected chi connectivity index (χ1v) is 14.1. The van der Waals surface area contributed by atoms with E-state index in [9.17, 15) is 0 Å². The molecular formula is C38H23N3O. The number of furan rings is 1. The van der Waals surface area contributed by atoms with Gasteiger partial charge in [-0.3, -0.25) is 4.57 Å². The molecule has 0 atom stereocenters. The molecule has 0 bridgehead atoms. The molecule has 0 fully saturated rings. The molecule has 0 saturated carbocycles. The zero-order valence-corrected chi connectivity index (χ0v) is 22.5. The average molecular weight is 538 g/mol. The molecule has 6 aromatic carbocycles. The number of rotatable bonds is 3. The number of aromatic nitrogens is 3. The van der Waals surface area contributed by atoms with Crippen LogP contribution in [0.25, 0.3) is 83.0 Å². The third kappa shape index (κ3) is 3.42. The molecule has 196 valence electrons. The highest BCUT2D eigenvalue weighted by Crippen LogP contribution is 2.39. The van der Waals surface area contributed by atoms with Crippen molar-refractivity contribution < 1.29 is 4.42 Å². The molecule has 0 aliphatic heterocycles. The Balaban J connectivity index is 1.38. The summed E-state index contributed by atoms with van der Waals surface area (Å²) >= 11 is 0. The summed E-state index contributed by atoms with van der Waals surface area (Å²) in [5.41, 5.74) is 8.39. The van der Waals surface area contributed by atoms with Crippen molar-refractivity contribution in [1.29, 1.82) is 0 Å². The van der Waals surface area contributed by atoms with E-state index in [2.05, 4.69) is 114 Å². The van der Waals surface area contributed by atoms with Crippen LogP contribution in [0.2, 0.25) is 0 Å². The minimum atomic E-state index is 0.530. The molecule has 0 aliphatic rings. The topological polar surface area (TPSA) is 43.9 Å². The molecule has 4 heteroatoms. The SMILES string of the molecule is c1ccc(-c2ccc(-c3nc4c(nc3-n3c5ccccc5c5cc6ccccc6cc53)oc3ccccc34)cc2)cc1. The third-order valence-electron chi connectivity index (χ3n) is 8.21. The normalized spacial score (nSPS) is 11.8. The van der Waals surface area contributed by atoms with Crippen LogP contribution in [0.1, 0.15) is 0 Å². The number of para-hydroxylation sites is 2. The van der Waals surface area contributed by atoms with E-state index in [1.54, 1.807) is 0 Å². The van der Waals surface area contributed by atoms with Crippen LogP contribution in [0.15, 0.2) is 144 Å². The standard InChI is InChI=1S/C38H23N3O/c1-2-10-24(11-3-1)25-18-20-26(21-19-25)35-37(40-38-36(39-35)30-15-7-9-17-34(30)42-38)41-32-16-8-6-14-29(32)31-22-27-12-4-5-13-28(27)23-33(31)41/h1-23H. The van der Waals surface area contributed by atoms with Gasteiger partial charge in [-0.1, -0.05) is 109 Å². The maximum Gasteiger partial charge on any atom is 0.248 e. The van der Waals surface area contributed by atoms with Gasteiger partial charge in [0.1, 0.15) is 16.8 Å². The summed E-state index contributed by atoms with van der Waals surface area (Å²) in [4.78, 5) is 10.5. The molecule has 4 nitrogen and oxygen atoms in total. The molecule has 9 rings (SSSR count). The van der Waals surface area contributed by atoms with E-state index >= 15 is 0 Å². The fourth-order valence-electron chi connectivity index (χ4n) is 6.20. The van der Waals surface area contributed by atoms with Crippen LogP contribution in [0.3, 0.4) is 0 Å². The molecule has 9 aromatic rings. The van der Waals surface area contributed by atoms with Crippen LogP contribution in [0, 0.1) is 0 Å². The van der Waals surface area contributed by atoms with Crippen molar-refractivity contribution in [2.45, 2.75) is 0 Å². The Morgan fingerprint density at radius 1 is 0.476 bits per heavy atom. The Morgan fingerprint density at radius 2 is 1.12 bits per heavy atom. The summed E-state index contributed by atoms with van der Waals surface area (Å²) in [5, 5.41) is 5.71. The first kappa shape index (κ1) is 23.0. The van der Waals surface area contributed by atoms with Crippen molar-refractivity contribution in [3.63, 3.8) is 0 Å². The highest BCUT2D eigenvalue weighted by atomic mass is 16.3. The van der Waals surface area contributed by atoms with Gasteiger partial charge in [0.25, 0.3) is 0 Å². The Morgan fingerprint density at radius 3 is 1.95 bits per heavy atom. The number of hydrogen-bond acceptors (Lipinski definition) is 3. The third-order valence-corrected chi connectivity index (χ3v) is 8.21. The maximum atomic E-state index is 6.27. The summed E-state index contributed by atoms with van der Waals surface area (Å²) in [6.45, 7) is 0. The fourth-order valence-corrected chi connectivity index (χ4v) is 6.20. The van der Waals surface area contributed by atoms with E-state index in [-0.39, 0.29) is 0 Å². The summed E-state index contributed by atoms with van der Waals surface area (Å²) in [7, 11) is 0. The van der Waals surface area contributed by atoms with E-state index in [1.165, 1.54) is 27.1 Å². The van der Waals surface area contributed by atoms with Crippen LogP contribution in [0.5, 0.6) is 0 Å². The monoisotopic (exact) mass is 537 g/mol. The smallest absolute Gasteiger partial charge is 0.248 e. The van der Waals surface area contributed by atoms with Crippen molar-refractivity contribution in [2.24, 2.45) is 0 Å². The molecule has 0 amide bonds. The van der Waals surface area contributed by atoms with Gasteiger partial charge >= 0.3 is 0 Å². The lowest BCUT2D eigenvalue weighted by Gasteiger charge is -2.13. The molecule has 0 spiro atoms. The molecule has 42 heavy (non-hydrogen) atoms. The molecule has 0 unspecified atom stereocenters. The second kappa shape index (κ2) is 8.88. The van der Waals surface area contributed by atoms with Gasteiger partial charge < -0.3 is 4.42 Å². The van der Waals surface area contributed by atoms with Crippen molar-refractivity contribution in [1.82, 2.24) is 14.5 Å². The van der Waals surface area contributed by atoms with Gasteiger partial charge in [0.15, 0.2) is 5.82 Å². The van der Waals surface area contributed by atoms with Gasteiger partial charge in [-0.2, -0.15) is 4.98 Å². The molecule has 0 N–H and O–H groups in total. The van der Waals surface area contributed by atoms with Gasteiger partial charge in [-0.25, -0.2) is 4.98 Å². The summed E-state index contributed by atoms with van der Waals surface area (Å²) < 4.78 is 8.51. The number of hydrogen-bond donors (Lipinski definition) is 0. The second-order valence-corrected chi connectivity index (χ2v) is 10.7. The molecule has 0 saturated heterocycles. The van der Waals surface area contributed by atoms with Crippen molar-refractivity contribution in [3.05, 3.63) is 140 Å². The van der Waals surface area contributed by atoms with Gasteiger partial charge in [0.2, 0.25) is 5.71 Å². The largest absolute Gasteiger partial charge is 0.436 e. The van der Waals surface area contributed by atoms with Gasteiger partial charge in [0.05, 0.1) is 11.0 Å². The highest BCUT2D eigenvalue weighted by molar-refractivity contribution is 6.14. The van der Waals surface area contributed by atoms with Crippen LogP contribution < -0.4 is 0 Å². The molecule has 0 radical (unpaired) electrons. The van der Waals surface area contributed by atoms with E-state index in [4.69, 9.17) is 14.4 Å². The minimum absolute atomic E-state index is 0.530. The van der Waals surface area contributed by atoms with Crippen LogP contribution in [-0.4, -0.2) is 14.5 Å². The van der Waals surface area contributed by atoms with E-state index in [0.717, 1.165) is 50.2 Å². The molecular weight excluding hydrogens is 514 g/mol. The van der Waals surface area contributed by atoms with Crippen LogP contribution in [0.4, 0.5) is 0 Å². The Hall–Kier alpha value is -5.74. The average Bonchev–Trinajstić information content (AvgIpc) is 3.58. The molecule has 0 aliphatic carbocycles. The number of fused-ring (bicyclic) bond motifs is 7. The van der Waals surface area contributed by atoms with Crippen molar-refractivity contribution >= 4 is 54.8 Å². The Kier molecular flexibility index (Phi) is 4.87. The molecule has 3 aromatic heterocycles. The van der Waals surface area contributed by atoms with Crippen LogP contribution in [-0.2, 0) is 0 Å². The second-order valence-electron chi connectivity index (χ2n) is 10.7. The zero-order chi connectivity index (χ0) is 27.6. The number of benzene rings is 6. The van der Waals surface area contributed by atoms with Crippen molar-refractivity contribution in [2.75, 3.05) is 0 Å². The Labute approximate surface area is 241 Å². The first-order valence-electron chi connectivity index (χ1n) is 14.1. The van der Waals surface area contributed by atoms with Crippen LogP contribution >= 0.6 is 0 Å². The predicted molar refractivity (Wildman–Crippen MR) is 172 cm³/mol. The maximum absolute atomic E-state index is 6.27. The Bertz CT molecular complexity index is 2450. The summed E-state index contributed by atoms with van der Waals surface area (Å²) in [5.74, 6) is 0.746. The number of nitrogens with zero attached hydrogens (tertiary/aromatic N) is 3. The lowest BCUT2D eigenvalue weighted by Crippen LogP contribution is -2.03. The van der Waals surface area contributed by atoms with Gasteiger partial charge in [-0.05, 0) is 52.2 Å². The fraction of sp³-hybridized carbons (Fsp3) is 0. The summed E-state index contributed by atoms with van der Waals surface area (Å²) in [6.07, 6.45) is 0. The van der Waals surface area contributed by atoms with Gasteiger partial charge in [0, 0.05) is 21.7 Å². The van der Waals surface area contributed by atoms with E-state index in [0.29, 0.717) is 5.71 Å². The quantitative estimate of drug-likeness (QED) is 0.225. The zero-order valence-electron chi connectivity index (χ0n) is 22.5. The van der Waals surface area contributed by atoms with Gasteiger partial charge in [-0.15, -0.1) is 0 Å². The lowest BCUT2D eigenvalue weighted by molar-refractivity contribution is 0.652.